The van der Waals surface area contributed by atoms with Gasteiger partial charge in [-0.05, 0) is 6.07 Å². The summed E-state index contributed by atoms with van der Waals surface area (Å²) in [5.74, 6) is 1.73. The van der Waals surface area contributed by atoms with Crippen LogP contribution in [-0.2, 0) is 0 Å². The average molecular weight is 181 g/mol. The molecule has 0 amide bonds. The molecule has 0 saturated carbocycles. The van der Waals surface area contributed by atoms with Gasteiger partial charge in [-0.3, -0.25) is 4.79 Å². The molecule has 3 nitrogen and oxygen atoms in total. The maximum atomic E-state index is 10.4. The lowest BCUT2D eigenvalue weighted by Crippen LogP contribution is -2.07. The third-order valence-electron chi connectivity index (χ3n) is 1.57. The van der Waals surface area contributed by atoms with Crippen LogP contribution >= 0.6 is 11.8 Å². The standard InChI is InChI=1S/C8H7NO2S/c10-5-6-3-8-7(4-9-6)11-1-2-12-8/h3-5H,1-2H2. The van der Waals surface area contributed by atoms with Gasteiger partial charge in [-0.1, -0.05) is 0 Å². The fourth-order valence-corrected chi connectivity index (χ4v) is 1.87. The number of rotatable bonds is 1. The van der Waals surface area contributed by atoms with Gasteiger partial charge in [0.2, 0.25) is 0 Å². The summed E-state index contributed by atoms with van der Waals surface area (Å²) >= 11 is 1.69. The van der Waals surface area contributed by atoms with E-state index >= 15 is 0 Å². The molecule has 0 unspecified atom stereocenters. The fourth-order valence-electron chi connectivity index (χ4n) is 1.03. The second-order valence-electron chi connectivity index (χ2n) is 2.37. The number of aromatic nitrogens is 1. The molecule has 12 heavy (non-hydrogen) atoms. The Balaban J connectivity index is 2.42. The second-order valence-corrected chi connectivity index (χ2v) is 3.51. The Morgan fingerprint density at radius 2 is 2.58 bits per heavy atom. The van der Waals surface area contributed by atoms with Crippen LogP contribution < -0.4 is 4.74 Å². The van der Waals surface area contributed by atoms with Gasteiger partial charge in [0.25, 0.3) is 0 Å². The van der Waals surface area contributed by atoms with E-state index in [4.69, 9.17) is 4.74 Å². The number of thioether (sulfide) groups is 1. The highest BCUT2D eigenvalue weighted by atomic mass is 32.2. The zero-order valence-electron chi connectivity index (χ0n) is 6.32. The Bertz CT molecular complexity index is 314. The molecule has 0 saturated heterocycles. The van der Waals surface area contributed by atoms with E-state index in [0.29, 0.717) is 5.69 Å². The van der Waals surface area contributed by atoms with Gasteiger partial charge < -0.3 is 4.74 Å². The molecule has 0 bridgehead atoms. The van der Waals surface area contributed by atoms with E-state index in [1.807, 2.05) is 0 Å². The first-order valence-electron chi connectivity index (χ1n) is 3.61. The highest BCUT2D eigenvalue weighted by molar-refractivity contribution is 7.99. The Labute approximate surface area is 74.1 Å². The van der Waals surface area contributed by atoms with Gasteiger partial charge in [0, 0.05) is 5.75 Å². The molecule has 1 aliphatic heterocycles. The highest BCUT2D eigenvalue weighted by Gasteiger charge is 2.11. The predicted molar refractivity (Wildman–Crippen MR) is 45.8 cm³/mol. The van der Waals surface area contributed by atoms with Crippen molar-refractivity contribution >= 4 is 18.0 Å². The summed E-state index contributed by atoms with van der Waals surface area (Å²) in [6.07, 6.45) is 2.35. The number of carbonyl (C=O) groups excluding carboxylic acids is 1. The number of pyridine rings is 1. The summed E-state index contributed by atoms with van der Waals surface area (Å²) < 4.78 is 5.32. The number of fused-ring (bicyclic) bond motifs is 1. The van der Waals surface area contributed by atoms with E-state index in [1.54, 1.807) is 24.0 Å². The van der Waals surface area contributed by atoms with Crippen LogP contribution in [0.15, 0.2) is 17.2 Å². The molecule has 0 atom stereocenters. The van der Waals surface area contributed by atoms with Gasteiger partial charge in [0.05, 0.1) is 17.7 Å². The summed E-state index contributed by atoms with van der Waals surface area (Å²) in [5, 5.41) is 0. The molecule has 0 fully saturated rings. The third-order valence-corrected chi connectivity index (χ3v) is 2.57. The van der Waals surface area contributed by atoms with Gasteiger partial charge in [0.15, 0.2) is 12.0 Å². The van der Waals surface area contributed by atoms with E-state index in [0.717, 1.165) is 29.3 Å². The molecule has 0 radical (unpaired) electrons. The van der Waals surface area contributed by atoms with Gasteiger partial charge >= 0.3 is 0 Å². The molecule has 62 valence electrons. The van der Waals surface area contributed by atoms with Gasteiger partial charge in [-0.2, -0.15) is 0 Å². The summed E-state index contributed by atoms with van der Waals surface area (Å²) in [6.45, 7) is 0.722. The molecule has 2 rings (SSSR count). The first kappa shape index (κ1) is 7.61. The zero-order valence-corrected chi connectivity index (χ0v) is 7.13. The maximum absolute atomic E-state index is 10.4. The van der Waals surface area contributed by atoms with Crippen LogP contribution in [0.2, 0.25) is 0 Å². The number of aldehydes is 1. The summed E-state index contributed by atoms with van der Waals surface area (Å²) in [7, 11) is 0. The first-order chi connectivity index (χ1) is 5.90. The minimum absolute atomic E-state index is 0.465. The molecular formula is C8H7NO2S. The van der Waals surface area contributed by atoms with Crippen molar-refractivity contribution in [1.29, 1.82) is 0 Å². The van der Waals surface area contributed by atoms with E-state index < -0.39 is 0 Å². The van der Waals surface area contributed by atoms with Crippen LogP contribution in [-0.4, -0.2) is 23.6 Å². The Hall–Kier alpha value is -1.03. The molecule has 0 spiro atoms. The van der Waals surface area contributed by atoms with Crippen LogP contribution in [0.25, 0.3) is 0 Å². The molecule has 0 aromatic carbocycles. The SMILES string of the molecule is O=Cc1cc2c(cn1)OCCS2. The average Bonchev–Trinajstić information content (AvgIpc) is 2.17. The van der Waals surface area contributed by atoms with Gasteiger partial charge in [0.1, 0.15) is 5.69 Å². The van der Waals surface area contributed by atoms with Crippen LogP contribution in [0.3, 0.4) is 0 Å². The Kier molecular flexibility index (Phi) is 1.99. The van der Waals surface area contributed by atoms with E-state index in [2.05, 4.69) is 4.98 Å². The molecule has 1 aliphatic rings. The molecule has 0 N–H and O–H groups in total. The normalized spacial score (nSPS) is 14.7. The summed E-state index contributed by atoms with van der Waals surface area (Å²) in [6, 6.07) is 1.76. The first-order valence-corrected chi connectivity index (χ1v) is 4.59. The van der Waals surface area contributed by atoms with Crippen LogP contribution in [0.5, 0.6) is 5.75 Å². The Morgan fingerprint density at radius 3 is 3.42 bits per heavy atom. The van der Waals surface area contributed by atoms with Gasteiger partial charge in [-0.25, -0.2) is 4.98 Å². The number of carbonyl (C=O) groups is 1. The fraction of sp³-hybridized carbons (Fsp3) is 0.250. The molecule has 0 aliphatic carbocycles. The van der Waals surface area contributed by atoms with Crippen molar-refractivity contribution in [2.45, 2.75) is 4.90 Å². The molecule has 1 aromatic rings. The molecule has 4 heteroatoms. The summed E-state index contributed by atoms with van der Waals surface area (Å²) in [5.41, 5.74) is 0.465. The lowest BCUT2D eigenvalue weighted by Gasteiger charge is -2.15. The largest absolute Gasteiger partial charge is 0.490 e. The zero-order chi connectivity index (χ0) is 8.39. The quantitative estimate of drug-likeness (QED) is 0.613. The smallest absolute Gasteiger partial charge is 0.168 e. The van der Waals surface area contributed by atoms with Crippen molar-refractivity contribution in [3.8, 4) is 5.75 Å². The van der Waals surface area contributed by atoms with Crippen molar-refractivity contribution in [2.75, 3.05) is 12.4 Å². The van der Waals surface area contributed by atoms with Crippen molar-refractivity contribution < 1.29 is 9.53 Å². The number of nitrogens with zero attached hydrogens (tertiary/aromatic N) is 1. The minimum atomic E-state index is 0.465. The van der Waals surface area contributed by atoms with Crippen LogP contribution in [0, 0.1) is 0 Å². The predicted octanol–water partition coefficient (Wildman–Crippen LogP) is 1.38. The highest BCUT2D eigenvalue weighted by Crippen LogP contribution is 2.32. The second kappa shape index (κ2) is 3.15. The lowest BCUT2D eigenvalue weighted by atomic mass is 10.3. The van der Waals surface area contributed by atoms with Gasteiger partial charge in [-0.15, -0.1) is 11.8 Å². The molecule has 1 aromatic heterocycles. The number of hydrogen-bond donors (Lipinski definition) is 0. The Morgan fingerprint density at radius 1 is 1.67 bits per heavy atom. The van der Waals surface area contributed by atoms with Crippen molar-refractivity contribution in [1.82, 2.24) is 4.98 Å². The topological polar surface area (TPSA) is 39.2 Å². The minimum Gasteiger partial charge on any atom is -0.490 e. The monoisotopic (exact) mass is 181 g/mol. The third kappa shape index (κ3) is 1.30. The van der Waals surface area contributed by atoms with E-state index in [1.165, 1.54) is 0 Å². The van der Waals surface area contributed by atoms with Crippen LogP contribution in [0.4, 0.5) is 0 Å². The molecular weight excluding hydrogens is 174 g/mol. The molecule has 2 heterocycles. The number of hydrogen-bond acceptors (Lipinski definition) is 4. The number of ether oxygens (including phenoxy) is 1. The lowest BCUT2D eigenvalue weighted by molar-refractivity contribution is 0.111. The van der Waals surface area contributed by atoms with E-state index in [9.17, 15) is 4.79 Å². The van der Waals surface area contributed by atoms with E-state index in [-0.39, 0.29) is 0 Å². The summed E-state index contributed by atoms with van der Waals surface area (Å²) in [4.78, 5) is 15.3. The van der Waals surface area contributed by atoms with Crippen molar-refractivity contribution in [2.24, 2.45) is 0 Å². The van der Waals surface area contributed by atoms with Crippen LogP contribution in [0.1, 0.15) is 10.5 Å². The maximum Gasteiger partial charge on any atom is 0.168 e. The van der Waals surface area contributed by atoms with Crippen molar-refractivity contribution in [3.05, 3.63) is 18.0 Å². The van der Waals surface area contributed by atoms with Crippen molar-refractivity contribution in [3.63, 3.8) is 0 Å².